The van der Waals surface area contributed by atoms with E-state index in [2.05, 4.69) is 10.1 Å². The highest BCUT2D eigenvalue weighted by Crippen LogP contribution is 2.27. The lowest BCUT2D eigenvalue weighted by atomic mass is 10.1. The second kappa shape index (κ2) is 8.28. The van der Waals surface area contributed by atoms with E-state index in [4.69, 9.17) is 9.47 Å². The van der Waals surface area contributed by atoms with Crippen molar-refractivity contribution < 1.29 is 18.3 Å². The van der Waals surface area contributed by atoms with E-state index < -0.39 is 11.6 Å². The summed E-state index contributed by atoms with van der Waals surface area (Å²) in [4.78, 5) is 16.4. The molecule has 8 heteroatoms. The van der Waals surface area contributed by atoms with Crippen LogP contribution >= 0.6 is 0 Å². The maximum atomic E-state index is 13.5. The minimum atomic E-state index is -0.714. The van der Waals surface area contributed by atoms with Crippen molar-refractivity contribution >= 4 is 10.9 Å². The zero-order valence-electron chi connectivity index (χ0n) is 16.0. The molecule has 152 valence electrons. The summed E-state index contributed by atoms with van der Waals surface area (Å²) in [5, 5.41) is 5.01. The van der Waals surface area contributed by atoms with E-state index in [0.29, 0.717) is 11.5 Å². The number of nitrogens with zero attached hydrogens (tertiary/aromatic N) is 3. The molecule has 0 fully saturated rings. The third-order valence-electron chi connectivity index (χ3n) is 4.50. The molecule has 0 spiro atoms. The summed E-state index contributed by atoms with van der Waals surface area (Å²) in [6.45, 7) is 0.323. The SMILES string of the molecule is COc1ccc2c(OCCn3nc(-c4cc(F)cc(F)c4)ccc3=O)ccnc2c1. The Kier molecular flexibility index (Phi) is 5.38. The molecule has 0 atom stereocenters. The number of hydrogen-bond acceptors (Lipinski definition) is 5. The van der Waals surface area contributed by atoms with E-state index in [1.54, 1.807) is 25.4 Å². The summed E-state index contributed by atoms with van der Waals surface area (Å²) in [6, 6.07) is 13.0. The second-order valence-electron chi connectivity index (χ2n) is 6.48. The van der Waals surface area contributed by atoms with Crippen molar-refractivity contribution in [3.63, 3.8) is 0 Å². The monoisotopic (exact) mass is 409 g/mol. The molecule has 4 aromatic rings. The molecule has 0 radical (unpaired) electrons. The fourth-order valence-electron chi connectivity index (χ4n) is 3.06. The lowest BCUT2D eigenvalue weighted by molar-refractivity contribution is 0.291. The highest BCUT2D eigenvalue weighted by Gasteiger charge is 2.09. The van der Waals surface area contributed by atoms with Gasteiger partial charge in [-0.2, -0.15) is 5.10 Å². The van der Waals surface area contributed by atoms with Gasteiger partial charge in [0.05, 0.1) is 24.9 Å². The minimum absolute atomic E-state index is 0.157. The largest absolute Gasteiger partial charge is 0.497 e. The highest BCUT2D eigenvalue weighted by atomic mass is 19.1. The topological polar surface area (TPSA) is 66.2 Å². The number of ether oxygens (including phenoxy) is 2. The lowest BCUT2D eigenvalue weighted by Gasteiger charge is -2.11. The summed E-state index contributed by atoms with van der Waals surface area (Å²) in [5.41, 5.74) is 0.909. The Labute approximate surface area is 170 Å². The first-order valence-electron chi connectivity index (χ1n) is 9.14. The van der Waals surface area contributed by atoms with E-state index in [0.717, 1.165) is 29.1 Å². The van der Waals surface area contributed by atoms with Gasteiger partial charge in [-0.25, -0.2) is 13.5 Å². The number of methoxy groups -OCH3 is 1. The van der Waals surface area contributed by atoms with E-state index in [-0.39, 0.29) is 30.0 Å². The Morgan fingerprint density at radius 3 is 2.57 bits per heavy atom. The third kappa shape index (κ3) is 4.12. The van der Waals surface area contributed by atoms with Gasteiger partial charge in [-0.05, 0) is 36.4 Å². The molecule has 0 saturated carbocycles. The molecule has 2 aromatic heterocycles. The van der Waals surface area contributed by atoms with Crippen LogP contribution in [0.2, 0.25) is 0 Å². The van der Waals surface area contributed by atoms with E-state index >= 15 is 0 Å². The van der Waals surface area contributed by atoms with Crippen molar-refractivity contribution in [2.75, 3.05) is 13.7 Å². The number of pyridine rings is 1. The molecule has 0 unspecified atom stereocenters. The van der Waals surface area contributed by atoms with Crippen molar-refractivity contribution in [2.24, 2.45) is 0 Å². The van der Waals surface area contributed by atoms with Gasteiger partial charge in [-0.15, -0.1) is 0 Å². The van der Waals surface area contributed by atoms with Crippen LogP contribution in [0.4, 0.5) is 8.78 Å². The van der Waals surface area contributed by atoms with Crippen molar-refractivity contribution in [1.29, 1.82) is 0 Å². The van der Waals surface area contributed by atoms with Crippen LogP contribution in [0.15, 0.2) is 65.6 Å². The maximum Gasteiger partial charge on any atom is 0.266 e. The minimum Gasteiger partial charge on any atom is -0.497 e. The Morgan fingerprint density at radius 1 is 1.00 bits per heavy atom. The average molecular weight is 409 g/mol. The molecule has 2 heterocycles. The zero-order chi connectivity index (χ0) is 21.1. The number of fused-ring (bicyclic) bond motifs is 1. The summed E-state index contributed by atoms with van der Waals surface area (Å²) < 4.78 is 39.2. The van der Waals surface area contributed by atoms with Crippen molar-refractivity contribution in [3.05, 3.63) is 82.8 Å². The molecule has 6 nitrogen and oxygen atoms in total. The summed E-state index contributed by atoms with van der Waals surface area (Å²) in [6.07, 6.45) is 1.63. The fourth-order valence-corrected chi connectivity index (χ4v) is 3.06. The van der Waals surface area contributed by atoms with Gasteiger partial charge in [0.15, 0.2) is 0 Å². The summed E-state index contributed by atoms with van der Waals surface area (Å²) in [5.74, 6) is -0.129. The van der Waals surface area contributed by atoms with Crippen molar-refractivity contribution in [1.82, 2.24) is 14.8 Å². The van der Waals surface area contributed by atoms with Crippen molar-refractivity contribution in [3.8, 4) is 22.8 Å². The van der Waals surface area contributed by atoms with Crippen LogP contribution in [-0.2, 0) is 6.54 Å². The molecule has 4 rings (SSSR count). The van der Waals surface area contributed by atoms with Gasteiger partial charge in [0, 0.05) is 35.3 Å². The second-order valence-corrected chi connectivity index (χ2v) is 6.48. The first-order chi connectivity index (χ1) is 14.5. The van der Waals surface area contributed by atoms with E-state index in [1.165, 1.54) is 16.8 Å². The molecule has 30 heavy (non-hydrogen) atoms. The van der Waals surface area contributed by atoms with Crippen LogP contribution < -0.4 is 15.0 Å². The third-order valence-corrected chi connectivity index (χ3v) is 4.50. The quantitative estimate of drug-likeness (QED) is 0.484. The van der Waals surface area contributed by atoms with Gasteiger partial charge in [0.25, 0.3) is 5.56 Å². The predicted octanol–water partition coefficient (Wildman–Crippen LogP) is 3.82. The Bertz CT molecular complexity index is 1250. The predicted molar refractivity (Wildman–Crippen MR) is 108 cm³/mol. The Hall–Kier alpha value is -3.81. The molecule has 0 aliphatic heterocycles. The molecule has 2 aromatic carbocycles. The van der Waals surface area contributed by atoms with Crippen LogP contribution in [0.5, 0.6) is 11.5 Å². The van der Waals surface area contributed by atoms with Crippen LogP contribution in [0.25, 0.3) is 22.2 Å². The summed E-state index contributed by atoms with van der Waals surface area (Å²) in [7, 11) is 1.58. The van der Waals surface area contributed by atoms with E-state index in [1.807, 2.05) is 12.1 Å². The number of aromatic nitrogens is 3. The van der Waals surface area contributed by atoms with Gasteiger partial charge in [0.1, 0.15) is 29.7 Å². The van der Waals surface area contributed by atoms with Crippen molar-refractivity contribution in [2.45, 2.75) is 6.54 Å². The van der Waals surface area contributed by atoms with Crippen LogP contribution in [-0.4, -0.2) is 28.5 Å². The molecule has 0 N–H and O–H groups in total. The molecular formula is C22H17F2N3O3. The number of halogens is 2. The molecule has 0 amide bonds. The van der Waals surface area contributed by atoms with Gasteiger partial charge in [-0.1, -0.05) is 0 Å². The first kappa shape index (κ1) is 19.5. The molecule has 0 aliphatic rings. The van der Waals surface area contributed by atoms with Gasteiger partial charge in [-0.3, -0.25) is 9.78 Å². The smallest absolute Gasteiger partial charge is 0.266 e. The fraction of sp³-hybridized carbons (Fsp3) is 0.136. The van der Waals surface area contributed by atoms with E-state index in [9.17, 15) is 13.6 Å². The zero-order valence-corrected chi connectivity index (χ0v) is 16.0. The van der Waals surface area contributed by atoms with Gasteiger partial charge >= 0.3 is 0 Å². The molecular weight excluding hydrogens is 392 g/mol. The lowest BCUT2D eigenvalue weighted by Crippen LogP contribution is -2.25. The molecule has 0 aliphatic carbocycles. The maximum absolute atomic E-state index is 13.5. The molecule has 0 saturated heterocycles. The van der Waals surface area contributed by atoms with Gasteiger partial charge < -0.3 is 9.47 Å². The number of rotatable bonds is 6. The number of hydrogen-bond donors (Lipinski definition) is 0. The molecule has 0 bridgehead atoms. The van der Waals surface area contributed by atoms with Crippen LogP contribution in [0, 0.1) is 11.6 Å². The highest BCUT2D eigenvalue weighted by molar-refractivity contribution is 5.85. The first-order valence-corrected chi connectivity index (χ1v) is 9.14. The Balaban J connectivity index is 1.53. The normalized spacial score (nSPS) is 10.9. The summed E-state index contributed by atoms with van der Waals surface area (Å²) >= 11 is 0. The average Bonchev–Trinajstić information content (AvgIpc) is 2.74. The van der Waals surface area contributed by atoms with Gasteiger partial charge in [0.2, 0.25) is 0 Å². The Morgan fingerprint density at radius 2 is 1.80 bits per heavy atom. The standard InChI is InChI=1S/C22H17F2N3O3/c1-29-17-2-3-18-20(13-17)25-7-6-21(18)30-9-8-27-22(28)5-4-19(26-27)14-10-15(23)12-16(24)11-14/h2-7,10-13H,8-9H2,1H3. The van der Waals surface area contributed by atoms with Crippen LogP contribution in [0.3, 0.4) is 0 Å². The van der Waals surface area contributed by atoms with Crippen LogP contribution in [0.1, 0.15) is 0 Å². The number of benzene rings is 2.